The number of thioether (sulfide) groups is 1. The third kappa shape index (κ3) is 3.44. The Hall–Kier alpha value is -2.60. The molecule has 1 fully saturated rings. The molecule has 3 rings (SSSR count). The van der Waals surface area contributed by atoms with Crippen LogP contribution >= 0.6 is 11.8 Å². The standard InChI is InChI=1S/C19H17NO4S/c1-12-7-9-13(10-8-12)20-17(21)11-16(18(20)22)25-15-6-4-3-5-14(15)19(23)24-2/h3-10,16H,11H2,1-2H3/t16-/m0/s1. The summed E-state index contributed by atoms with van der Waals surface area (Å²) < 4.78 is 4.78. The number of esters is 1. The van der Waals surface area contributed by atoms with E-state index in [0.717, 1.165) is 5.56 Å². The number of ether oxygens (including phenoxy) is 1. The lowest BCUT2D eigenvalue weighted by Crippen LogP contribution is -2.31. The van der Waals surface area contributed by atoms with Crippen molar-refractivity contribution >= 4 is 35.2 Å². The minimum atomic E-state index is -0.556. The van der Waals surface area contributed by atoms with Crippen LogP contribution in [0.4, 0.5) is 5.69 Å². The van der Waals surface area contributed by atoms with Gasteiger partial charge in [-0.15, -0.1) is 11.8 Å². The average Bonchev–Trinajstić information content (AvgIpc) is 2.89. The van der Waals surface area contributed by atoms with Gasteiger partial charge in [0.05, 0.1) is 23.6 Å². The van der Waals surface area contributed by atoms with Crippen LogP contribution in [-0.4, -0.2) is 30.1 Å². The maximum absolute atomic E-state index is 12.7. The molecule has 6 heteroatoms. The van der Waals surface area contributed by atoms with Crippen LogP contribution in [0, 0.1) is 6.92 Å². The molecule has 0 unspecified atom stereocenters. The summed E-state index contributed by atoms with van der Waals surface area (Å²) in [6.45, 7) is 1.94. The van der Waals surface area contributed by atoms with E-state index in [1.54, 1.807) is 36.4 Å². The van der Waals surface area contributed by atoms with E-state index in [1.807, 2.05) is 19.1 Å². The van der Waals surface area contributed by atoms with Gasteiger partial charge in [0.1, 0.15) is 0 Å². The third-order valence-corrected chi connectivity index (χ3v) is 5.22. The molecule has 0 bridgehead atoms. The molecule has 0 N–H and O–H groups in total. The maximum Gasteiger partial charge on any atom is 0.338 e. The number of benzene rings is 2. The van der Waals surface area contributed by atoms with E-state index < -0.39 is 11.2 Å². The molecule has 5 nitrogen and oxygen atoms in total. The fourth-order valence-corrected chi connectivity index (χ4v) is 3.84. The van der Waals surface area contributed by atoms with Gasteiger partial charge in [-0.3, -0.25) is 9.59 Å². The number of hydrogen-bond acceptors (Lipinski definition) is 5. The van der Waals surface area contributed by atoms with Crippen LogP contribution in [0.5, 0.6) is 0 Å². The van der Waals surface area contributed by atoms with Crippen LogP contribution < -0.4 is 4.90 Å². The van der Waals surface area contributed by atoms with Gasteiger partial charge in [0, 0.05) is 11.3 Å². The van der Waals surface area contributed by atoms with Crippen LogP contribution in [0.15, 0.2) is 53.4 Å². The minimum Gasteiger partial charge on any atom is -0.465 e. The highest BCUT2D eigenvalue weighted by Crippen LogP contribution is 2.35. The molecule has 2 aromatic carbocycles. The normalized spacial score (nSPS) is 17.0. The lowest BCUT2D eigenvalue weighted by molar-refractivity contribution is -0.121. The van der Waals surface area contributed by atoms with Gasteiger partial charge in [0.15, 0.2) is 0 Å². The number of aryl methyl sites for hydroxylation is 1. The van der Waals surface area contributed by atoms with Crippen molar-refractivity contribution in [3.8, 4) is 0 Å². The molecule has 0 spiro atoms. The molecule has 1 atom stereocenters. The fourth-order valence-electron chi connectivity index (χ4n) is 2.66. The summed E-state index contributed by atoms with van der Waals surface area (Å²) in [6, 6.07) is 14.2. The highest BCUT2D eigenvalue weighted by atomic mass is 32.2. The van der Waals surface area contributed by atoms with Crippen LogP contribution in [0.25, 0.3) is 0 Å². The Kier molecular flexibility index (Phi) is 4.90. The van der Waals surface area contributed by atoms with Crippen molar-refractivity contribution in [2.24, 2.45) is 0 Å². The highest BCUT2D eigenvalue weighted by molar-refractivity contribution is 8.00. The number of nitrogens with zero attached hydrogens (tertiary/aromatic N) is 1. The summed E-state index contributed by atoms with van der Waals surface area (Å²) >= 11 is 1.22. The Morgan fingerprint density at radius 3 is 2.48 bits per heavy atom. The first-order valence-corrected chi connectivity index (χ1v) is 8.66. The van der Waals surface area contributed by atoms with E-state index in [4.69, 9.17) is 4.74 Å². The molecule has 0 aliphatic carbocycles. The second-order valence-electron chi connectivity index (χ2n) is 5.70. The topological polar surface area (TPSA) is 63.7 Å². The van der Waals surface area contributed by atoms with E-state index in [-0.39, 0.29) is 18.2 Å². The van der Waals surface area contributed by atoms with Gasteiger partial charge in [-0.25, -0.2) is 9.69 Å². The maximum atomic E-state index is 12.7. The molecule has 1 saturated heterocycles. The first-order chi connectivity index (χ1) is 12.0. The van der Waals surface area contributed by atoms with Crippen molar-refractivity contribution in [2.75, 3.05) is 12.0 Å². The molecule has 25 heavy (non-hydrogen) atoms. The number of hydrogen-bond donors (Lipinski definition) is 0. The number of carbonyl (C=O) groups excluding carboxylic acids is 3. The smallest absolute Gasteiger partial charge is 0.338 e. The molecule has 1 aliphatic heterocycles. The molecule has 0 radical (unpaired) electrons. The Balaban J connectivity index is 1.84. The van der Waals surface area contributed by atoms with Gasteiger partial charge in [0.2, 0.25) is 11.8 Å². The van der Waals surface area contributed by atoms with Gasteiger partial charge in [-0.05, 0) is 31.2 Å². The minimum absolute atomic E-state index is 0.104. The highest BCUT2D eigenvalue weighted by Gasteiger charge is 2.40. The van der Waals surface area contributed by atoms with E-state index in [9.17, 15) is 14.4 Å². The molecular formula is C19H17NO4S. The Morgan fingerprint density at radius 2 is 1.80 bits per heavy atom. The van der Waals surface area contributed by atoms with E-state index in [2.05, 4.69) is 0 Å². The lowest BCUT2D eigenvalue weighted by atomic mass is 10.2. The number of methoxy groups -OCH3 is 1. The quantitative estimate of drug-likeness (QED) is 0.622. The Morgan fingerprint density at radius 1 is 1.12 bits per heavy atom. The van der Waals surface area contributed by atoms with Crippen LogP contribution in [0.2, 0.25) is 0 Å². The first-order valence-electron chi connectivity index (χ1n) is 7.78. The van der Waals surface area contributed by atoms with Crippen molar-refractivity contribution < 1.29 is 19.1 Å². The zero-order valence-corrected chi connectivity index (χ0v) is 14.7. The second kappa shape index (κ2) is 7.11. The molecule has 2 amide bonds. The van der Waals surface area contributed by atoms with E-state index in [0.29, 0.717) is 16.1 Å². The van der Waals surface area contributed by atoms with Crippen molar-refractivity contribution in [3.63, 3.8) is 0 Å². The number of anilines is 1. The number of rotatable bonds is 4. The molecule has 1 heterocycles. The summed E-state index contributed by atoms with van der Waals surface area (Å²) in [5.41, 5.74) is 2.02. The average molecular weight is 355 g/mol. The molecule has 1 aliphatic rings. The summed E-state index contributed by atoms with van der Waals surface area (Å²) in [4.78, 5) is 38.8. The number of carbonyl (C=O) groups is 3. The van der Waals surface area contributed by atoms with Gasteiger partial charge in [-0.2, -0.15) is 0 Å². The summed E-state index contributed by atoms with van der Waals surface area (Å²) in [5, 5.41) is -0.556. The lowest BCUT2D eigenvalue weighted by Gasteiger charge is -2.15. The number of amides is 2. The zero-order valence-electron chi connectivity index (χ0n) is 13.9. The van der Waals surface area contributed by atoms with Gasteiger partial charge >= 0.3 is 5.97 Å². The third-order valence-electron chi connectivity index (χ3n) is 3.96. The molecule has 0 saturated carbocycles. The van der Waals surface area contributed by atoms with Crippen molar-refractivity contribution in [1.29, 1.82) is 0 Å². The first kappa shape index (κ1) is 17.2. The second-order valence-corrected chi connectivity index (χ2v) is 6.95. The molecule has 2 aromatic rings. The predicted octanol–water partition coefficient (Wildman–Crippen LogP) is 3.21. The summed E-state index contributed by atoms with van der Waals surface area (Å²) in [5.74, 6) is -0.962. The Bertz CT molecular complexity index is 832. The van der Waals surface area contributed by atoms with Crippen molar-refractivity contribution in [3.05, 3.63) is 59.7 Å². The molecular weight excluding hydrogens is 338 g/mol. The van der Waals surface area contributed by atoms with Gasteiger partial charge < -0.3 is 4.74 Å². The van der Waals surface area contributed by atoms with Crippen LogP contribution in [0.1, 0.15) is 22.3 Å². The predicted molar refractivity (Wildman–Crippen MR) is 95.7 cm³/mol. The van der Waals surface area contributed by atoms with Gasteiger partial charge in [-0.1, -0.05) is 29.8 Å². The zero-order chi connectivity index (χ0) is 18.0. The van der Waals surface area contributed by atoms with E-state index >= 15 is 0 Å². The van der Waals surface area contributed by atoms with Crippen molar-refractivity contribution in [2.45, 2.75) is 23.5 Å². The van der Waals surface area contributed by atoms with Crippen LogP contribution in [0.3, 0.4) is 0 Å². The monoisotopic (exact) mass is 355 g/mol. The Labute approximate surface area is 150 Å². The molecule has 128 valence electrons. The summed E-state index contributed by atoms with van der Waals surface area (Å²) in [6.07, 6.45) is 0.104. The number of imide groups is 1. The summed E-state index contributed by atoms with van der Waals surface area (Å²) in [7, 11) is 1.31. The van der Waals surface area contributed by atoms with Gasteiger partial charge in [0.25, 0.3) is 0 Å². The van der Waals surface area contributed by atoms with Crippen molar-refractivity contribution in [1.82, 2.24) is 0 Å². The van der Waals surface area contributed by atoms with Crippen LogP contribution in [-0.2, 0) is 14.3 Å². The largest absolute Gasteiger partial charge is 0.465 e. The fraction of sp³-hybridized carbons (Fsp3) is 0.211. The molecule has 0 aromatic heterocycles. The SMILES string of the molecule is COC(=O)c1ccccc1S[C@H]1CC(=O)N(c2ccc(C)cc2)C1=O. The van der Waals surface area contributed by atoms with E-state index in [1.165, 1.54) is 23.8 Å².